The fourth-order valence-electron chi connectivity index (χ4n) is 1.92. The van der Waals surface area contributed by atoms with Crippen LogP contribution in [0.2, 0.25) is 0 Å². The van der Waals surface area contributed by atoms with Gasteiger partial charge in [-0.15, -0.1) is 0 Å². The van der Waals surface area contributed by atoms with E-state index in [0.717, 1.165) is 17.1 Å². The summed E-state index contributed by atoms with van der Waals surface area (Å²) in [6.45, 7) is 5.14. The molecule has 1 atom stereocenters. The standard InChI is InChI=1S/C11H19NO5S/c1-11(2,3)17-10(13)12-9(6-8-4-5-8)7-16-18(12,14)15/h8-9H,4-7H2,1-3H3/t9-/m0/s1. The van der Waals surface area contributed by atoms with Crippen LogP contribution in [0.3, 0.4) is 0 Å². The fourth-order valence-corrected chi connectivity index (χ4v) is 3.10. The van der Waals surface area contributed by atoms with Crippen LogP contribution in [-0.2, 0) is 19.2 Å². The second-order valence-electron chi connectivity index (χ2n) is 5.85. The minimum Gasteiger partial charge on any atom is -0.443 e. The predicted molar refractivity (Wildman–Crippen MR) is 64.1 cm³/mol. The van der Waals surface area contributed by atoms with E-state index in [0.29, 0.717) is 12.3 Å². The molecule has 2 aliphatic rings. The second kappa shape index (κ2) is 4.38. The molecule has 0 unspecified atom stereocenters. The van der Waals surface area contributed by atoms with Gasteiger partial charge in [-0.05, 0) is 33.1 Å². The zero-order valence-electron chi connectivity index (χ0n) is 10.9. The molecule has 1 heterocycles. The van der Waals surface area contributed by atoms with Gasteiger partial charge in [-0.1, -0.05) is 12.8 Å². The van der Waals surface area contributed by atoms with Gasteiger partial charge in [0.25, 0.3) is 0 Å². The SMILES string of the molecule is CC(C)(C)OC(=O)N1[C@@H](CC2CC2)COS1(=O)=O. The lowest BCUT2D eigenvalue weighted by Crippen LogP contribution is -2.42. The Hall–Kier alpha value is -0.820. The van der Waals surface area contributed by atoms with Crippen LogP contribution in [0.25, 0.3) is 0 Å². The van der Waals surface area contributed by atoms with Crippen molar-refractivity contribution in [2.45, 2.75) is 51.7 Å². The summed E-state index contributed by atoms with van der Waals surface area (Å²) < 4.78 is 34.0. The molecule has 0 bridgehead atoms. The first kappa shape index (κ1) is 13.6. The average Bonchev–Trinajstić information content (AvgIpc) is 2.89. The van der Waals surface area contributed by atoms with E-state index < -0.39 is 28.0 Å². The van der Waals surface area contributed by atoms with E-state index in [1.807, 2.05) is 0 Å². The molecule has 7 heteroatoms. The van der Waals surface area contributed by atoms with Crippen molar-refractivity contribution >= 4 is 16.4 Å². The van der Waals surface area contributed by atoms with Gasteiger partial charge in [0, 0.05) is 0 Å². The number of hydrogen-bond donors (Lipinski definition) is 0. The molecule has 1 amide bonds. The van der Waals surface area contributed by atoms with Gasteiger partial charge in [-0.2, -0.15) is 12.7 Å². The minimum atomic E-state index is -3.97. The first-order valence-corrected chi connectivity index (χ1v) is 7.47. The molecule has 104 valence electrons. The van der Waals surface area contributed by atoms with E-state index in [-0.39, 0.29) is 6.61 Å². The average molecular weight is 277 g/mol. The molecule has 1 aliphatic carbocycles. The van der Waals surface area contributed by atoms with Crippen LogP contribution in [0.5, 0.6) is 0 Å². The molecule has 1 aliphatic heterocycles. The maximum Gasteiger partial charge on any atom is 0.426 e. The van der Waals surface area contributed by atoms with E-state index in [1.165, 1.54) is 0 Å². The van der Waals surface area contributed by atoms with Crippen molar-refractivity contribution in [3.63, 3.8) is 0 Å². The highest BCUT2D eigenvalue weighted by atomic mass is 32.2. The Bertz CT molecular complexity index is 435. The van der Waals surface area contributed by atoms with Crippen molar-refractivity contribution in [3.05, 3.63) is 0 Å². The predicted octanol–water partition coefficient (Wildman–Crippen LogP) is 1.67. The summed E-state index contributed by atoms with van der Waals surface area (Å²) >= 11 is 0. The minimum absolute atomic E-state index is 0.0398. The second-order valence-corrected chi connectivity index (χ2v) is 7.34. The van der Waals surface area contributed by atoms with E-state index in [1.54, 1.807) is 20.8 Å². The number of carbonyl (C=O) groups is 1. The lowest BCUT2D eigenvalue weighted by Gasteiger charge is -2.25. The van der Waals surface area contributed by atoms with Crippen LogP contribution in [-0.4, -0.2) is 37.1 Å². The Kier molecular flexibility index (Phi) is 3.31. The number of hydrogen-bond acceptors (Lipinski definition) is 5. The molecule has 6 nitrogen and oxygen atoms in total. The number of amides is 1. The van der Waals surface area contributed by atoms with Crippen molar-refractivity contribution in [2.75, 3.05) is 6.61 Å². The van der Waals surface area contributed by atoms with Crippen LogP contribution in [0, 0.1) is 5.92 Å². The molecule has 18 heavy (non-hydrogen) atoms. The summed E-state index contributed by atoms with van der Waals surface area (Å²) in [6, 6.07) is -0.419. The van der Waals surface area contributed by atoms with Crippen molar-refractivity contribution in [3.8, 4) is 0 Å². The molecule has 1 saturated heterocycles. The highest BCUT2D eigenvalue weighted by Gasteiger charge is 2.46. The Labute approximate surface area is 107 Å². The molecular formula is C11H19NO5S. The van der Waals surface area contributed by atoms with Crippen molar-refractivity contribution in [2.24, 2.45) is 5.92 Å². The van der Waals surface area contributed by atoms with Crippen LogP contribution >= 0.6 is 0 Å². The fraction of sp³-hybridized carbons (Fsp3) is 0.909. The zero-order chi connectivity index (χ0) is 13.6. The summed E-state index contributed by atoms with van der Waals surface area (Å²) in [5, 5.41) is 0. The molecule has 1 saturated carbocycles. The summed E-state index contributed by atoms with van der Waals surface area (Å²) in [4.78, 5) is 11.9. The molecule has 0 aromatic rings. The smallest absolute Gasteiger partial charge is 0.426 e. The number of nitrogens with zero attached hydrogens (tertiary/aromatic N) is 1. The summed E-state index contributed by atoms with van der Waals surface area (Å²) in [5.74, 6) is 0.511. The Balaban J connectivity index is 2.11. The molecule has 0 aromatic carbocycles. The maximum absolute atomic E-state index is 11.9. The summed E-state index contributed by atoms with van der Waals surface area (Å²) in [6.07, 6.45) is 2.02. The van der Waals surface area contributed by atoms with Crippen LogP contribution < -0.4 is 0 Å². The lowest BCUT2D eigenvalue weighted by molar-refractivity contribution is 0.0350. The van der Waals surface area contributed by atoms with Crippen molar-refractivity contribution < 1.29 is 22.1 Å². The monoisotopic (exact) mass is 277 g/mol. The van der Waals surface area contributed by atoms with Crippen molar-refractivity contribution in [1.29, 1.82) is 0 Å². The largest absolute Gasteiger partial charge is 0.443 e. The third-order valence-electron chi connectivity index (χ3n) is 2.86. The number of carbonyl (C=O) groups excluding carboxylic acids is 1. The Morgan fingerprint density at radius 3 is 2.50 bits per heavy atom. The van der Waals surface area contributed by atoms with E-state index in [2.05, 4.69) is 0 Å². The van der Waals surface area contributed by atoms with Gasteiger partial charge in [-0.25, -0.2) is 4.79 Å². The van der Waals surface area contributed by atoms with Gasteiger partial charge in [0.2, 0.25) is 0 Å². The van der Waals surface area contributed by atoms with E-state index in [9.17, 15) is 13.2 Å². The molecule has 2 fully saturated rings. The maximum atomic E-state index is 11.9. The quantitative estimate of drug-likeness (QED) is 0.767. The molecule has 0 N–H and O–H groups in total. The Morgan fingerprint density at radius 1 is 1.39 bits per heavy atom. The van der Waals surface area contributed by atoms with Gasteiger partial charge in [0.1, 0.15) is 5.60 Å². The normalized spacial score (nSPS) is 27.3. The third-order valence-corrected chi connectivity index (χ3v) is 4.22. The first-order valence-electron chi connectivity index (χ1n) is 6.11. The van der Waals surface area contributed by atoms with Gasteiger partial charge in [0.15, 0.2) is 0 Å². The van der Waals surface area contributed by atoms with E-state index in [4.69, 9.17) is 8.92 Å². The van der Waals surface area contributed by atoms with Crippen LogP contribution in [0.1, 0.15) is 40.0 Å². The third kappa shape index (κ3) is 3.14. The number of ether oxygens (including phenoxy) is 1. The van der Waals surface area contributed by atoms with Crippen LogP contribution in [0.4, 0.5) is 4.79 Å². The summed E-state index contributed by atoms with van der Waals surface area (Å²) in [5.41, 5.74) is -0.723. The molecule has 0 radical (unpaired) electrons. The number of rotatable bonds is 2. The highest BCUT2D eigenvalue weighted by Crippen LogP contribution is 2.37. The first-order chi connectivity index (χ1) is 8.19. The van der Waals surface area contributed by atoms with Gasteiger partial charge < -0.3 is 4.74 Å². The van der Waals surface area contributed by atoms with Crippen molar-refractivity contribution in [1.82, 2.24) is 4.31 Å². The highest BCUT2D eigenvalue weighted by molar-refractivity contribution is 7.85. The topological polar surface area (TPSA) is 72.9 Å². The van der Waals surface area contributed by atoms with E-state index >= 15 is 0 Å². The molecule has 0 spiro atoms. The molecular weight excluding hydrogens is 258 g/mol. The van der Waals surface area contributed by atoms with Crippen LogP contribution in [0.15, 0.2) is 0 Å². The summed E-state index contributed by atoms with van der Waals surface area (Å²) in [7, 11) is -3.97. The Morgan fingerprint density at radius 2 is 2.00 bits per heavy atom. The van der Waals surface area contributed by atoms with Gasteiger partial charge >= 0.3 is 16.4 Å². The van der Waals surface area contributed by atoms with Gasteiger partial charge in [0.05, 0.1) is 12.6 Å². The zero-order valence-corrected chi connectivity index (χ0v) is 11.7. The lowest BCUT2D eigenvalue weighted by atomic mass is 10.1. The molecule has 0 aromatic heterocycles. The van der Waals surface area contributed by atoms with Gasteiger partial charge in [-0.3, -0.25) is 4.18 Å². The molecule has 2 rings (SSSR count).